The molecule has 3 aromatic carbocycles. The summed E-state index contributed by atoms with van der Waals surface area (Å²) in [5.41, 5.74) is 3.84. The molecule has 0 spiro atoms. The van der Waals surface area contributed by atoms with Gasteiger partial charge in [0, 0.05) is 25.7 Å². The fourth-order valence-electron chi connectivity index (χ4n) is 5.57. The van der Waals surface area contributed by atoms with Crippen LogP contribution in [0.15, 0.2) is 89.7 Å². The largest absolute Gasteiger partial charge is 0.465 e. The minimum atomic E-state index is -0.930. The smallest absolute Gasteiger partial charge is 0.407 e. The first-order valence-electron chi connectivity index (χ1n) is 12.5. The third-order valence-corrected chi connectivity index (χ3v) is 7.37. The summed E-state index contributed by atoms with van der Waals surface area (Å²) in [6.07, 6.45) is 0.311. The Kier molecular flexibility index (Phi) is 6.91. The number of likely N-dealkylation sites (tertiary alicyclic amines) is 1. The molecular formula is C29H32N4O3. The van der Waals surface area contributed by atoms with Crippen molar-refractivity contribution in [1.29, 1.82) is 0 Å². The zero-order valence-corrected chi connectivity index (χ0v) is 20.5. The predicted molar refractivity (Wildman–Crippen MR) is 141 cm³/mol. The normalized spacial score (nSPS) is 18.7. The summed E-state index contributed by atoms with van der Waals surface area (Å²) >= 11 is 0. The third-order valence-electron chi connectivity index (χ3n) is 7.37. The Morgan fingerprint density at radius 1 is 0.972 bits per heavy atom. The van der Waals surface area contributed by atoms with Crippen molar-refractivity contribution >= 4 is 17.1 Å². The third kappa shape index (κ3) is 4.93. The van der Waals surface area contributed by atoms with Gasteiger partial charge in [0.2, 0.25) is 0 Å². The van der Waals surface area contributed by atoms with Gasteiger partial charge >= 0.3 is 11.8 Å². The van der Waals surface area contributed by atoms with E-state index in [1.807, 2.05) is 60.7 Å². The lowest BCUT2D eigenvalue weighted by Gasteiger charge is -2.35. The average Bonchev–Trinajstić information content (AvgIpc) is 3.44. The van der Waals surface area contributed by atoms with E-state index in [0.29, 0.717) is 19.4 Å². The summed E-state index contributed by atoms with van der Waals surface area (Å²) in [5.74, 6) is 0. The Hall–Kier alpha value is -3.84. The number of para-hydroxylation sites is 2. The first-order valence-corrected chi connectivity index (χ1v) is 12.5. The topological polar surface area (TPSA) is 81.6 Å². The van der Waals surface area contributed by atoms with Gasteiger partial charge in [-0.1, -0.05) is 72.8 Å². The molecule has 4 aromatic rings. The molecule has 1 aromatic heterocycles. The Morgan fingerprint density at radius 3 is 2.17 bits per heavy atom. The number of aromatic nitrogens is 2. The lowest BCUT2D eigenvalue weighted by Crippen LogP contribution is -2.44. The van der Waals surface area contributed by atoms with Crippen LogP contribution in [0.3, 0.4) is 0 Å². The second kappa shape index (κ2) is 10.4. The van der Waals surface area contributed by atoms with E-state index in [4.69, 9.17) is 0 Å². The van der Waals surface area contributed by atoms with Gasteiger partial charge in [-0.15, -0.1) is 0 Å². The number of imidazole rings is 1. The molecule has 1 fully saturated rings. The summed E-state index contributed by atoms with van der Waals surface area (Å²) in [6, 6.07) is 27.9. The second-order valence-electron chi connectivity index (χ2n) is 9.68. The van der Waals surface area contributed by atoms with Gasteiger partial charge in [-0.25, -0.2) is 9.59 Å². The van der Waals surface area contributed by atoms with Gasteiger partial charge in [0.25, 0.3) is 0 Å². The lowest BCUT2D eigenvalue weighted by molar-refractivity contribution is 0.109. The first kappa shape index (κ1) is 23.9. The molecule has 3 unspecified atom stereocenters. The number of benzene rings is 3. The van der Waals surface area contributed by atoms with Crippen molar-refractivity contribution in [1.82, 2.24) is 19.4 Å². The molecule has 1 aliphatic rings. The highest BCUT2D eigenvalue weighted by molar-refractivity contribution is 5.75. The van der Waals surface area contributed by atoms with E-state index in [-0.39, 0.29) is 23.8 Å². The molecule has 1 aliphatic heterocycles. The molecule has 0 aliphatic carbocycles. The molecule has 2 heterocycles. The number of carboxylic acid groups (broad SMARTS) is 1. The number of carbonyl (C=O) groups is 1. The van der Waals surface area contributed by atoms with Crippen LogP contribution in [0.5, 0.6) is 0 Å². The van der Waals surface area contributed by atoms with Crippen LogP contribution in [0.25, 0.3) is 11.0 Å². The molecule has 1 amide bonds. The van der Waals surface area contributed by atoms with Crippen LogP contribution < -0.4 is 5.69 Å². The van der Waals surface area contributed by atoms with Crippen LogP contribution in [0.4, 0.5) is 4.79 Å². The highest BCUT2D eigenvalue weighted by Crippen LogP contribution is 2.34. The molecule has 5 rings (SSSR count). The quantitative estimate of drug-likeness (QED) is 0.364. The van der Waals surface area contributed by atoms with Crippen LogP contribution in [-0.2, 0) is 13.1 Å². The van der Waals surface area contributed by atoms with E-state index in [0.717, 1.165) is 24.1 Å². The molecule has 0 radical (unpaired) electrons. The monoisotopic (exact) mass is 484 g/mol. The minimum Gasteiger partial charge on any atom is -0.465 e. The number of hydrogen-bond donors (Lipinski definition) is 2. The van der Waals surface area contributed by atoms with Crippen molar-refractivity contribution in [2.24, 2.45) is 0 Å². The number of nitrogens with zero attached hydrogens (tertiary/aromatic N) is 3. The number of H-pyrrole nitrogens is 1. The van der Waals surface area contributed by atoms with E-state index in [9.17, 15) is 14.7 Å². The SMILES string of the molecule is CC(CC1C(n2c(=O)[nH]c3ccccc32)CCN1C(=O)O)N(Cc1ccccc1)Cc1ccccc1. The molecule has 186 valence electrons. The van der Waals surface area contributed by atoms with Gasteiger partial charge in [-0.05, 0) is 43.0 Å². The van der Waals surface area contributed by atoms with Gasteiger partial charge in [0.1, 0.15) is 0 Å². The van der Waals surface area contributed by atoms with Crippen molar-refractivity contribution in [2.45, 2.75) is 51.0 Å². The number of amides is 1. The van der Waals surface area contributed by atoms with Crippen molar-refractivity contribution in [3.63, 3.8) is 0 Å². The van der Waals surface area contributed by atoms with E-state index in [1.165, 1.54) is 16.0 Å². The maximum absolute atomic E-state index is 13.0. The maximum Gasteiger partial charge on any atom is 0.407 e. The molecule has 2 N–H and O–H groups in total. The number of hydrogen-bond acceptors (Lipinski definition) is 3. The predicted octanol–water partition coefficient (Wildman–Crippen LogP) is 5.10. The summed E-state index contributed by atoms with van der Waals surface area (Å²) in [5, 5.41) is 10.0. The van der Waals surface area contributed by atoms with E-state index < -0.39 is 6.09 Å². The van der Waals surface area contributed by atoms with Crippen molar-refractivity contribution in [3.05, 3.63) is 107 Å². The fourth-order valence-corrected chi connectivity index (χ4v) is 5.57. The summed E-state index contributed by atoms with van der Waals surface area (Å²) in [6.45, 7) is 4.10. The Morgan fingerprint density at radius 2 is 1.56 bits per heavy atom. The van der Waals surface area contributed by atoms with Crippen molar-refractivity contribution in [3.8, 4) is 0 Å². The molecule has 1 saturated heterocycles. The molecular weight excluding hydrogens is 452 g/mol. The van der Waals surface area contributed by atoms with Gasteiger partial charge in [0.15, 0.2) is 0 Å². The van der Waals surface area contributed by atoms with Gasteiger partial charge in [-0.3, -0.25) is 9.47 Å². The Bertz CT molecular complexity index is 1320. The molecule has 0 bridgehead atoms. The first-order chi connectivity index (χ1) is 17.5. The van der Waals surface area contributed by atoms with E-state index in [2.05, 4.69) is 41.1 Å². The Labute approximate surface area is 210 Å². The number of rotatable bonds is 8. The van der Waals surface area contributed by atoms with Crippen molar-refractivity contribution in [2.75, 3.05) is 6.54 Å². The highest BCUT2D eigenvalue weighted by Gasteiger charge is 2.40. The van der Waals surface area contributed by atoms with E-state index in [1.54, 1.807) is 4.57 Å². The number of nitrogens with one attached hydrogen (secondary N) is 1. The average molecular weight is 485 g/mol. The number of aromatic amines is 1. The molecule has 7 nitrogen and oxygen atoms in total. The fraction of sp³-hybridized carbons (Fsp3) is 0.310. The lowest BCUT2D eigenvalue weighted by atomic mass is 9.99. The molecule has 0 saturated carbocycles. The highest BCUT2D eigenvalue weighted by atomic mass is 16.4. The van der Waals surface area contributed by atoms with Crippen LogP contribution in [0.2, 0.25) is 0 Å². The van der Waals surface area contributed by atoms with E-state index >= 15 is 0 Å². The standard InChI is InChI=1S/C29H32N4O3/c1-21(31(19-22-10-4-2-5-11-22)20-23-12-6-3-7-13-23)18-27-26(16-17-32(27)29(35)36)33-25-15-9-8-14-24(25)30-28(33)34/h2-15,21,26-27H,16-20H2,1H3,(H,30,34)(H,35,36). The van der Waals surface area contributed by atoms with Gasteiger partial charge in [0.05, 0.1) is 23.1 Å². The van der Waals surface area contributed by atoms with Gasteiger partial charge < -0.3 is 15.0 Å². The molecule has 3 atom stereocenters. The summed E-state index contributed by atoms with van der Waals surface area (Å²) in [4.78, 5) is 32.1. The zero-order valence-electron chi connectivity index (χ0n) is 20.5. The zero-order chi connectivity index (χ0) is 25.1. The number of fused-ring (bicyclic) bond motifs is 1. The summed E-state index contributed by atoms with van der Waals surface area (Å²) in [7, 11) is 0. The Balaban J connectivity index is 1.45. The van der Waals surface area contributed by atoms with Crippen molar-refractivity contribution < 1.29 is 9.90 Å². The second-order valence-corrected chi connectivity index (χ2v) is 9.68. The minimum absolute atomic E-state index is 0.0822. The molecule has 36 heavy (non-hydrogen) atoms. The van der Waals surface area contributed by atoms with Crippen LogP contribution >= 0.6 is 0 Å². The maximum atomic E-state index is 13.0. The van der Waals surface area contributed by atoms with Crippen LogP contribution in [0.1, 0.15) is 36.9 Å². The van der Waals surface area contributed by atoms with Crippen LogP contribution in [-0.4, -0.2) is 49.2 Å². The van der Waals surface area contributed by atoms with Gasteiger partial charge in [-0.2, -0.15) is 0 Å². The van der Waals surface area contributed by atoms with Crippen LogP contribution in [0, 0.1) is 0 Å². The summed E-state index contributed by atoms with van der Waals surface area (Å²) < 4.78 is 1.77. The molecule has 7 heteroatoms.